The number of hydrogen-bond acceptors (Lipinski definition) is 3. The molecule has 0 unspecified atom stereocenters. The molecule has 3 nitrogen and oxygen atoms in total. The number of benzene rings is 2. The zero-order valence-electron chi connectivity index (χ0n) is 11.8. The average molecular weight is 364 g/mol. The zero-order valence-corrected chi connectivity index (χ0v) is 14.2. The second kappa shape index (κ2) is 6.71. The van der Waals surface area contributed by atoms with Gasteiger partial charge in [-0.25, -0.2) is 0 Å². The topological polar surface area (TPSA) is 39.1 Å². The SMILES string of the molecule is O=C(c1ccc(Cl)cc1)c1sn(Cc2ccccc2)c(=O)c1Cl. The van der Waals surface area contributed by atoms with E-state index in [0.717, 1.165) is 17.1 Å². The predicted octanol–water partition coefficient (Wildman–Crippen LogP) is 4.50. The quantitative estimate of drug-likeness (QED) is 0.640. The van der Waals surface area contributed by atoms with E-state index in [1.165, 1.54) is 3.96 Å². The number of halogens is 2. The summed E-state index contributed by atoms with van der Waals surface area (Å²) in [7, 11) is 0. The summed E-state index contributed by atoms with van der Waals surface area (Å²) < 4.78 is 1.49. The van der Waals surface area contributed by atoms with Crippen molar-refractivity contribution in [2.45, 2.75) is 6.54 Å². The van der Waals surface area contributed by atoms with Gasteiger partial charge in [-0.05, 0) is 29.8 Å². The van der Waals surface area contributed by atoms with Crippen LogP contribution in [0.3, 0.4) is 0 Å². The van der Waals surface area contributed by atoms with Crippen LogP contribution in [-0.2, 0) is 6.54 Å². The fourth-order valence-corrected chi connectivity index (χ4v) is 3.57. The summed E-state index contributed by atoms with van der Waals surface area (Å²) in [5.41, 5.74) is 1.07. The average Bonchev–Trinajstić information content (AvgIpc) is 2.84. The van der Waals surface area contributed by atoms with E-state index in [1.807, 2.05) is 30.3 Å². The molecular formula is C17H11Cl2NO2S. The molecule has 0 aliphatic heterocycles. The van der Waals surface area contributed by atoms with E-state index < -0.39 is 0 Å². The highest BCUT2D eigenvalue weighted by atomic mass is 35.5. The number of hydrogen-bond donors (Lipinski definition) is 0. The minimum absolute atomic E-state index is 0.0362. The van der Waals surface area contributed by atoms with E-state index >= 15 is 0 Å². The summed E-state index contributed by atoms with van der Waals surface area (Å²) in [6, 6.07) is 16.0. The van der Waals surface area contributed by atoms with Crippen LogP contribution in [0.2, 0.25) is 10.0 Å². The Morgan fingerprint density at radius 3 is 2.30 bits per heavy atom. The van der Waals surface area contributed by atoms with Gasteiger partial charge in [-0.3, -0.25) is 13.5 Å². The summed E-state index contributed by atoms with van der Waals surface area (Å²) in [6.45, 7) is 0.387. The molecule has 2 aromatic carbocycles. The first-order chi connectivity index (χ1) is 11.1. The number of rotatable bonds is 4. The molecule has 0 spiro atoms. The minimum Gasteiger partial charge on any atom is -0.288 e. The summed E-state index contributed by atoms with van der Waals surface area (Å²) >= 11 is 13.0. The maximum Gasteiger partial charge on any atom is 0.280 e. The molecule has 0 atom stereocenters. The lowest BCUT2D eigenvalue weighted by Crippen LogP contribution is -2.14. The predicted molar refractivity (Wildman–Crippen MR) is 94.0 cm³/mol. The fourth-order valence-electron chi connectivity index (χ4n) is 2.13. The van der Waals surface area contributed by atoms with Gasteiger partial charge in [-0.1, -0.05) is 65.1 Å². The van der Waals surface area contributed by atoms with E-state index in [2.05, 4.69) is 0 Å². The summed E-state index contributed by atoms with van der Waals surface area (Å²) in [5, 5.41) is 0.508. The van der Waals surface area contributed by atoms with Gasteiger partial charge in [0, 0.05) is 10.6 Å². The Morgan fingerprint density at radius 2 is 1.65 bits per heavy atom. The van der Waals surface area contributed by atoms with Crippen LogP contribution in [-0.4, -0.2) is 9.74 Å². The molecule has 116 valence electrons. The highest BCUT2D eigenvalue weighted by Gasteiger charge is 2.21. The van der Waals surface area contributed by atoms with Gasteiger partial charge in [0.1, 0.15) is 9.90 Å². The first-order valence-corrected chi connectivity index (χ1v) is 8.33. The van der Waals surface area contributed by atoms with Crippen molar-refractivity contribution in [1.82, 2.24) is 3.96 Å². The third-order valence-electron chi connectivity index (χ3n) is 3.30. The minimum atomic E-state index is -0.349. The van der Waals surface area contributed by atoms with Crippen molar-refractivity contribution in [3.8, 4) is 0 Å². The molecule has 0 fully saturated rings. The molecule has 1 heterocycles. The van der Waals surface area contributed by atoms with E-state index in [0.29, 0.717) is 17.1 Å². The lowest BCUT2D eigenvalue weighted by atomic mass is 10.1. The van der Waals surface area contributed by atoms with Crippen molar-refractivity contribution in [3.05, 3.63) is 91.0 Å². The Bertz CT molecular complexity index is 899. The third kappa shape index (κ3) is 3.39. The molecule has 0 N–H and O–H groups in total. The Morgan fingerprint density at radius 1 is 1.00 bits per heavy atom. The van der Waals surface area contributed by atoms with Crippen LogP contribution >= 0.6 is 34.7 Å². The van der Waals surface area contributed by atoms with Crippen molar-refractivity contribution in [1.29, 1.82) is 0 Å². The van der Waals surface area contributed by atoms with E-state index in [9.17, 15) is 9.59 Å². The Balaban J connectivity index is 1.95. The zero-order chi connectivity index (χ0) is 16.4. The molecular weight excluding hydrogens is 353 g/mol. The van der Waals surface area contributed by atoms with Gasteiger partial charge in [-0.15, -0.1) is 0 Å². The number of carbonyl (C=O) groups excluding carboxylic acids is 1. The summed E-state index contributed by atoms with van der Waals surface area (Å²) in [4.78, 5) is 25.0. The molecule has 3 aromatic rings. The maximum atomic E-state index is 12.5. The van der Waals surface area contributed by atoms with E-state index in [4.69, 9.17) is 23.2 Å². The van der Waals surface area contributed by atoms with Crippen molar-refractivity contribution < 1.29 is 4.79 Å². The van der Waals surface area contributed by atoms with Crippen LogP contribution in [0.25, 0.3) is 0 Å². The standard InChI is InChI=1S/C17H11Cl2NO2S/c18-13-8-6-12(7-9-13)15(21)16-14(19)17(22)20(23-16)10-11-4-2-1-3-5-11/h1-9H,10H2. The second-order valence-electron chi connectivity index (χ2n) is 4.90. The van der Waals surface area contributed by atoms with Crippen LogP contribution < -0.4 is 5.56 Å². The molecule has 0 amide bonds. The molecule has 0 saturated carbocycles. The van der Waals surface area contributed by atoms with E-state index in [-0.39, 0.29) is 21.2 Å². The number of aromatic nitrogens is 1. The Kier molecular flexibility index (Phi) is 4.66. The van der Waals surface area contributed by atoms with Crippen LogP contribution in [0.5, 0.6) is 0 Å². The van der Waals surface area contributed by atoms with Crippen LogP contribution in [0, 0.1) is 0 Å². The van der Waals surface area contributed by atoms with Gasteiger partial charge in [0.05, 0.1) is 6.54 Å². The maximum absolute atomic E-state index is 12.5. The summed E-state index contributed by atoms with van der Waals surface area (Å²) in [6.07, 6.45) is 0. The molecule has 6 heteroatoms. The third-order valence-corrected chi connectivity index (χ3v) is 5.10. The van der Waals surface area contributed by atoms with Crippen LogP contribution in [0.4, 0.5) is 0 Å². The number of ketones is 1. The fraction of sp³-hybridized carbons (Fsp3) is 0.0588. The van der Waals surface area contributed by atoms with Crippen molar-refractivity contribution in [2.24, 2.45) is 0 Å². The van der Waals surface area contributed by atoms with Crippen molar-refractivity contribution in [2.75, 3.05) is 0 Å². The van der Waals surface area contributed by atoms with Gasteiger partial charge in [0.15, 0.2) is 0 Å². The molecule has 0 aliphatic rings. The lowest BCUT2D eigenvalue weighted by Gasteiger charge is -2.00. The molecule has 0 saturated heterocycles. The first kappa shape index (κ1) is 16.0. The van der Waals surface area contributed by atoms with Gasteiger partial charge >= 0.3 is 0 Å². The number of carbonyl (C=O) groups is 1. The molecule has 1 aromatic heterocycles. The highest BCUT2D eigenvalue weighted by Crippen LogP contribution is 2.23. The molecule has 23 heavy (non-hydrogen) atoms. The largest absolute Gasteiger partial charge is 0.288 e. The van der Waals surface area contributed by atoms with Gasteiger partial charge in [0.2, 0.25) is 5.78 Å². The van der Waals surface area contributed by atoms with Gasteiger partial charge < -0.3 is 0 Å². The molecule has 3 rings (SSSR count). The molecule has 0 radical (unpaired) electrons. The van der Waals surface area contributed by atoms with Crippen LogP contribution in [0.15, 0.2) is 59.4 Å². The molecule has 0 bridgehead atoms. The molecule has 0 aliphatic carbocycles. The highest BCUT2D eigenvalue weighted by molar-refractivity contribution is 7.09. The Hall–Kier alpha value is -1.88. The van der Waals surface area contributed by atoms with Gasteiger partial charge in [0.25, 0.3) is 5.56 Å². The monoisotopic (exact) mass is 363 g/mol. The second-order valence-corrected chi connectivity index (χ2v) is 6.74. The van der Waals surface area contributed by atoms with E-state index in [1.54, 1.807) is 24.3 Å². The van der Waals surface area contributed by atoms with Crippen molar-refractivity contribution >= 4 is 40.5 Å². The normalized spacial score (nSPS) is 10.7. The van der Waals surface area contributed by atoms with Gasteiger partial charge in [-0.2, -0.15) is 0 Å². The lowest BCUT2D eigenvalue weighted by molar-refractivity contribution is 0.104. The van der Waals surface area contributed by atoms with Crippen LogP contribution in [0.1, 0.15) is 20.8 Å². The number of nitrogens with zero attached hydrogens (tertiary/aromatic N) is 1. The Labute approximate surface area is 146 Å². The van der Waals surface area contributed by atoms with Crippen molar-refractivity contribution in [3.63, 3.8) is 0 Å². The smallest absolute Gasteiger partial charge is 0.280 e. The first-order valence-electron chi connectivity index (χ1n) is 6.80. The summed E-state index contributed by atoms with van der Waals surface area (Å²) in [5.74, 6) is -0.277.